The van der Waals surface area contributed by atoms with Crippen LogP contribution in [-0.4, -0.2) is 16.1 Å². The van der Waals surface area contributed by atoms with Gasteiger partial charge in [-0.1, -0.05) is 39.5 Å². The van der Waals surface area contributed by atoms with Crippen LogP contribution in [0.1, 0.15) is 55.6 Å². The van der Waals surface area contributed by atoms with E-state index in [0.717, 1.165) is 25.0 Å². The second-order valence-corrected chi connectivity index (χ2v) is 4.42. The number of aromatic nitrogens is 1. The Morgan fingerprint density at radius 1 is 1.47 bits per heavy atom. The Labute approximate surface area is 103 Å². The first-order chi connectivity index (χ1) is 8.19. The predicted octanol–water partition coefficient (Wildman–Crippen LogP) is 3.54. The maximum absolute atomic E-state index is 11.1. The summed E-state index contributed by atoms with van der Waals surface area (Å²) < 4.78 is 0. The van der Waals surface area contributed by atoms with E-state index < -0.39 is 5.97 Å². The first kappa shape index (κ1) is 13.7. The van der Waals surface area contributed by atoms with Gasteiger partial charge in [0.05, 0.1) is 11.3 Å². The van der Waals surface area contributed by atoms with E-state index in [1.165, 1.54) is 12.8 Å². The van der Waals surface area contributed by atoms with E-state index >= 15 is 0 Å². The molecule has 1 rings (SSSR count). The molecule has 0 fully saturated rings. The van der Waals surface area contributed by atoms with Crippen LogP contribution in [0.15, 0.2) is 18.3 Å². The number of hydrogen-bond acceptors (Lipinski definition) is 2. The zero-order chi connectivity index (χ0) is 12.7. The Kier molecular flexibility index (Phi) is 5.67. The minimum Gasteiger partial charge on any atom is -0.478 e. The molecular weight excluding hydrogens is 214 g/mol. The van der Waals surface area contributed by atoms with Crippen LogP contribution in [0.2, 0.25) is 0 Å². The summed E-state index contributed by atoms with van der Waals surface area (Å²) in [5.74, 6) is -0.332. The Morgan fingerprint density at radius 2 is 2.24 bits per heavy atom. The summed E-state index contributed by atoms with van der Waals surface area (Å²) in [4.78, 5) is 15.3. The minimum atomic E-state index is -0.876. The number of carboxylic acid groups (broad SMARTS) is 1. The molecule has 0 aliphatic rings. The van der Waals surface area contributed by atoms with Crippen LogP contribution >= 0.6 is 0 Å². The number of carbonyl (C=O) groups is 1. The lowest BCUT2D eigenvalue weighted by molar-refractivity contribution is 0.0694. The van der Waals surface area contributed by atoms with Crippen molar-refractivity contribution >= 4 is 5.97 Å². The van der Waals surface area contributed by atoms with E-state index in [9.17, 15) is 4.79 Å². The van der Waals surface area contributed by atoms with Gasteiger partial charge in [0, 0.05) is 6.20 Å². The summed E-state index contributed by atoms with van der Waals surface area (Å²) in [6, 6.07) is 3.32. The van der Waals surface area contributed by atoms with Crippen LogP contribution in [0.5, 0.6) is 0 Å². The monoisotopic (exact) mass is 235 g/mol. The summed E-state index contributed by atoms with van der Waals surface area (Å²) in [5, 5.41) is 9.09. The largest absolute Gasteiger partial charge is 0.478 e. The average Bonchev–Trinajstić information content (AvgIpc) is 2.34. The van der Waals surface area contributed by atoms with Crippen LogP contribution in [0.25, 0.3) is 0 Å². The maximum atomic E-state index is 11.1. The van der Waals surface area contributed by atoms with Crippen molar-refractivity contribution in [2.45, 2.75) is 46.0 Å². The highest BCUT2D eigenvalue weighted by molar-refractivity contribution is 5.88. The third kappa shape index (κ3) is 4.17. The molecule has 17 heavy (non-hydrogen) atoms. The quantitative estimate of drug-likeness (QED) is 0.786. The van der Waals surface area contributed by atoms with Gasteiger partial charge in [0.2, 0.25) is 0 Å². The smallest absolute Gasteiger partial charge is 0.337 e. The van der Waals surface area contributed by atoms with E-state index in [1.807, 2.05) is 0 Å². The maximum Gasteiger partial charge on any atom is 0.337 e. The van der Waals surface area contributed by atoms with E-state index in [-0.39, 0.29) is 0 Å². The molecule has 0 aliphatic heterocycles. The first-order valence-corrected chi connectivity index (χ1v) is 6.36. The number of rotatable bonds is 7. The number of nitrogens with zero attached hydrogens (tertiary/aromatic N) is 1. The van der Waals surface area contributed by atoms with Crippen LogP contribution in [0.3, 0.4) is 0 Å². The molecule has 3 heteroatoms. The van der Waals surface area contributed by atoms with Crippen molar-refractivity contribution in [2.75, 3.05) is 0 Å². The Hall–Kier alpha value is -1.38. The van der Waals surface area contributed by atoms with Gasteiger partial charge in [0.1, 0.15) is 0 Å². The van der Waals surface area contributed by atoms with Gasteiger partial charge in [0.15, 0.2) is 0 Å². The number of pyridine rings is 1. The van der Waals surface area contributed by atoms with Crippen LogP contribution in [-0.2, 0) is 6.42 Å². The molecule has 1 aromatic heterocycles. The summed E-state index contributed by atoms with van der Waals surface area (Å²) >= 11 is 0. The normalized spacial score (nSPS) is 12.4. The van der Waals surface area contributed by atoms with Gasteiger partial charge >= 0.3 is 5.97 Å². The molecule has 3 nitrogen and oxygen atoms in total. The summed E-state index contributed by atoms with van der Waals surface area (Å²) in [7, 11) is 0. The van der Waals surface area contributed by atoms with Crippen molar-refractivity contribution in [1.82, 2.24) is 4.98 Å². The second kappa shape index (κ2) is 7.05. The fraction of sp³-hybridized carbons (Fsp3) is 0.571. The topological polar surface area (TPSA) is 50.2 Å². The highest BCUT2D eigenvalue weighted by Crippen LogP contribution is 2.19. The van der Waals surface area contributed by atoms with E-state index in [4.69, 9.17) is 5.11 Å². The summed E-state index contributed by atoms with van der Waals surface area (Å²) in [5.41, 5.74) is 1.07. The molecule has 0 aromatic carbocycles. The molecule has 1 N–H and O–H groups in total. The molecule has 1 atom stereocenters. The van der Waals surface area contributed by atoms with Gasteiger partial charge < -0.3 is 5.11 Å². The van der Waals surface area contributed by atoms with E-state index in [2.05, 4.69) is 18.8 Å². The van der Waals surface area contributed by atoms with Crippen molar-refractivity contribution in [1.29, 1.82) is 0 Å². The third-order valence-corrected chi connectivity index (χ3v) is 3.15. The zero-order valence-electron chi connectivity index (χ0n) is 10.6. The average molecular weight is 235 g/mol. The summed E-state index contributed by atoms with van der Waals surface area (Å²) in [6.45, 7) is 4.33. The van der Waals surface area contributed by atoms with Crippen molar-refractivity contribution in [3.8, 4) is 0 Å². The number of carboxylic acids is 1. The molecule has 1 unspecified atom stereocenters. The third-order valence-electron chi connectivity index (χ3n) is 3.15. The fourth-order valence-electron chi connectivity index (χ4n) is 2.01. The molecule has 0 aliphatic carbocycles. The minimum absolute atomic E-state index is 0.349. The van der Waals surface area contributed by atoms with Gasteiger partial charge in [-0.3, -0.25) is 4.98 Å². The van der Waals surface area contributed by atoms with Crippen LogP contribution < -0.4 is 0 Å². The Bertz CT molecular complexity index is 363. The lowest BCUT2D eigenvalue weighted by Gasteiger charge is -2.14. The van der Waals surface area contributed by atoms with Crippen molar-refractivity contribution in [2.24, 2.45) is 5.92 Å². The fourth-order valence-corrected chi connectivity index (χ4v) is 2.01. The van der Waals surface area contributed by atoms with Gasteiger partial charge in [-0.2, -0.15) is 0 Å². The Balaban J connectivity index is 2.75. The molecule has 0 spiro atoms. The molecule has 94 valence electrons. The first-order valence-electron chi connectivity index (χ1n) is 6.36. The molecule has 0 radical (unpaired) electrons. The number of unbranched alkanes of at least 4 members (excludes halogenated alkanes) is 1. The van der Waals surface area contributed by atoms with E-state index in [1.54, 1.807) is 18.3 Å². The van der Waals surface area contributed by atoms with Gasteiger partial charge in [0.25, 0.3) is 0 Å². The zero-order valence-corrected chi connectivity index (χ0v) is 10.6. The van der Waals surface area contributed by atoms with E-state index in [0.29, 0.717) is 11.5 Å². The van der Waals surface area contributed by atoms with Crippen molar-refractivity contribution in [3.05, 3.63) is 29.6 Å². The van der Waals surface area contributed by atoms with Crippen molar-refractivity contribution < 1.29 is 9.90 Å². The molecule has 1 heterocycles. The predicted molar refractivity (Wildman–Crippen MR) is 68.2 cm³/mol. The second-order valence-electron chi connectivity index (χ2n) is 4.42. The number of aromatic carboxylic acids is 1. The highest BCUT2D eigenvalue weighted by atomic mass is 16.4. The molecule has 1 aromatic rings. The lowest BCUT2D eigenvalue weighted by Crippen LogP contribution is -2.10. The molecule has 0 bridgehead atoms. The van der Waals surface area contributed by atoms with Gasteiger partial charge in [-0.05, 0) is 24.5 Å². The lowest BCUT2D eigenvalue weighted by atomic mass is 9.92. The van der Waals surface area contributed by atoms with Gasteiger partial charge in [-0.25, -0.2) is 4.79 Å². The van der Waals surface area contributed by atoms with Crippen molar-refractivity contribution in [3.63, 3.8) is 0 Å². The molecule has 0 saturated carbocycles. The molecular formula is C14H21NO2. The SMILES string of the molecule is CCCCC(CC)Cc1ncccc1C(=O)O. The Morgan fingerprint density at radius 3 is 2.82 bits per heavy atom. The molecule has 0 amide bonds. The molecule has 0 saturated heterocycles. The van der Waals surface area contributed by atoms with Gasteiger partial charge in [-0.15, -0.1) is 0 Å². The number of hydrogen-bond donors (Lipinski definition) is 1. The standard InChI is InChI=1S/C14H21NO2/c1-3-5-7-11(4-2)10-13-12(14(16)17)8-6-9-15-13/h6,8-9,11H,3-5,7,10H2,1-2H3,(H,16,17). The highest BCUT2D eigenvalue weighted by Gasteiger charge is 2.14. The van der Waals surface area contributed by atoms with Crippen LogP contribution in [0.4, 0.5) is 0 Å². The summed E-state index contributed by atoms with van der Waals surface area (Å²) in [6.07, 6.45) is 7.07. The van der Waals surface area contributed by atoms with Crippen LogP contribution in [0, 0.1) is 5.92 Å².